The Morgan fingerprint density at radius 3 is 3.05 bits per heavy atom. The normalized spacial score (nSPS) is 30.3. The minimum absolute atomic E-state index is 0.233. The lowest BCUT2D eigenvalue weighted by atomic mass is 9.70. The first-order valence-electron chi connectivity index (χ1n) is 8.19. The summed E-state index contributed by atoms with van der Waals surface area (Å²) >= 11 is 6.06. The van der Waals surface area contributed by atoms with Crippen molar-refractivity contribution in [2.75, 3.05) is 25.8 Å². The Kier molecular flexibility index (Phi) is 3.79. The Balaban J connectivity index is 1.70. The van der Waals surface area contributed by atoms with Crippen LogP contribution in [0.1, 0.15) is 37.2 Å². The number of alkyl halides is 1. The average Bonchev–Trinajstić information content (AvgIpc) is 3.16. The molecule has 0 amide bonds. The Bertz CT molecular complexity index is 588. The molecule has 1 aliphatic carbocycles. The zero-order chi connectivity index (χ0) is 15.0. The SMILES string of the molecule is ClCCN1CCC[C@@]12CC=CC[C@H]2c1ccc2c(c1)OCO2. The molecule has 1 saturated heterocycles. The van der Waals surface area contributed by atoms with Crippen LogP contribution in [0, 0.1) is 0 Å². The molecule has 1 aromatic rings. The van der Waals surface area contributed by atoms with E-state index in [-0.39, 0.29) is 5.54 Å². The van der Waals surface area contributed by atoms with Crippen LogP contribution in [0.3, 0.4) is 0 Å². The lowest BCUT2D eigenvalue weighted by Gasteiger charge is -2.46. The smallest absolute Gasteiger partial charge is 0.231 e. The minimum Gasteiger partial charge on any atom is -0.454 e. The van der Waals surface area contributed by atoms with Gasteiger partial charge < -0.3 is 9.47 Å². The molecule has 1 aromatic carbocycles. The molecular formula is C18H22ClNO2. The van der Waals surface area contributed by atoms with Crippen LogP contribution in [-0.2, 0) is 0 Å². The maximum Gasteiger partial charge on any atom is 0.231 e. The van der Waals surface area contributed by atoms with Crippen LogP contribution < -0.4 is 9.47 Å². The maximum atomic E-state index is 6.06. The van der Waals surface area contributed by atoms with Crippen LogP contribution in [0.5, 0.6) is 11.5 Å². The number of rotatable bonds is 3. The molecule has 0 radical (unpaired) electrons. The molecule has 0 bridgehead atoms. The molecule has 2 aliphatic heterocycles. The van der Waals surface area contributed by atoms with E-state index in [9.17, 15) is 0 Å². The molecule has 22 heavy (non-hydrogen) atoms. The quantitative estimate of drug-likeness (QED) is 0.622. The fourth-order valence-electron chi connectivity index (χ4n) is 4.48. The van der Waals surface area contributed by atoms with E-state index in [2.05, 4.69) is 35.3 Å². The van der Waals surface area contributed by atoms with Crippen LogP contribution in [0.2, 0.25) is 0 Å². The summed E-state index contributed by atoms with van der Waals surface area (Å²) in [4.78, 5) is 2.62. The van der Waals surface area contributed by atoms with Crippen LogP contribution in [0.4, 0.5) is 0 Å². The Morgan fingerprint density at radius 1 is 1.23 bits per heavy atom. The molecule has 4 rings (SSSR count). The number of ether oxygens (including phenoxy) is 2. The minimum atomic E-state index is 0.233. The van der Waals surface area contributed by atoms with Gasteiger partial charge in [0, 0.05) is 23.9 Å². The highest BCUT2D eigenvalue weighted by molar-refractivity contribution is 6.18. The molecule has 3 nitrogen and oxygen atoms in total. The molecule has 0 aromatic heterocycles. The zero-order valence-corrected chi connectivity index (χ0v) is 13.5. The summed E-state index contributed by atoms with van der Waals surface area (Å²) in [7, 11) is 0. The predicted molar refractivity (Wildman–Crippen MR) is 87.9 cm³/mol. The highest BCUT2D eigenvalue weighted by atomic mass is 35.5. The fraction of sp³-hybridized carbons (Fsp3) is 0.556. The molecule has 3 aliphatic rings. The third-order valence-corrected chi connectivity index (χ3v) is 5.65. The average molecular weight is 320 g/mol. The van der Waals surface area contributed by atoms with E-state index in [1.807, 2.05) is 0 Å². The summed E-state index contributed by atoms with van der Waals surface area (Å²) in [6.45, 7) is 2.49. The van der Waals surface area contributed by atoms with Crippen LogP contribution >= 0.6 is 11.6 Å². The van der Waals surface area contributed by atoms with E-state index >= 15 is 0 Å². The van der Waals surface area contributed by atoms with E-state index in [4.69, 9.17) is 21.1 Å². The number of fused-ring (bicyclic) bond motifs is 1. The highest BCUT2D eigenvalue weighted by Crippen LogP contribution is 2.49. The van der Waals surface area contributed by atoms with Crippen molar-refractivity contribution in [1.29, 1.82) is 0 Å². The first kappa shape index (κ1) is 14.4. The van der Waals surface area contributed by atoms with Gasteiger partial charge in [-0.25, -0.2) is 0 Å². The fourth-order valence-corrected chi connectivity index (χ4v) is 4.68. The molecule has 1 fully saturated rings. The summed E-state index contributed by atoms with van der Waals surface area (Å²) in [6.07, 6.45) is 9.44. The van der Waals surface area contributed by atoms with Crippen molar-refractivity contribution < 1.29 is 9.47 Å². The Hall–Kier alpha value is -1.19. The topological polar surface area (TPSA) is 21.7 Å². The highest BCUT2D eigenvalue weighted by Gasteiger charge is 2.47. The second kappa shape index (κ2) is 5.78. The summed E-state index contributed by atoms with van der Waals surface area (Å²) in [5.41, 5.74) is 1.60. The molecule has 4 heteroatoms. The Morgan fingerprint density at radius 2 is 2.14 bits per heavy atom. The Labute approximate surface area is 136 Å². The molecule has 2 heterocycles. The number of hydrogen-bond donors (Lipinski definition) is 0. The van der Waals surface area contributed by atoms with E-state index in [0.29, 0.717) is 18.6 Å². The second-order valence-corrected chi connectivity index (χ2v) is 6.84. The van der Waals surface area contributed by atoms with Gasteiger partial charge in [-0.15, -0.1) is 11.6 Å². The number of allylic oxidation sites excluding steroid dienone is 1. The van der Waals surface area contributed by atoms with E-state index in [0.717, 1.165) is 30.9 Å². The summed E-state index contributed by atoms with van der Waals surface area (Å²) < 4.78 is 11.0. The third kappa shape index (κ3) is 2.22. The lowest BCUT2D eigenvalue weighted by molar-refractivity contribution is 0.110. The van der Waals surface area contributed by atoms with Gasteiger partial charge in [0.15, 0.2) is 11.5 Å². The van der Waals surface area contributed by atoms with Gasteiger partial charge in [0.25, 0.3) is 0 Å². The monoisotopic (exact) mass is 319 g/mol. The zero-order valence-electron chi connectivity index (χ0n) is 12.8. The summed E-state index contributed by atoms with van der Waals surface area (Å²) in [5.74, 6) is 2.98. The summed E-state index contributed by atoms with van der Waals surface area (Å²) in [6, 6.07) is 6.46. The number of nitrogens with zero attached hydrogens (tertiary/aromatic N) is 1. The van der Waals surface area contributed by atoms with Gasteiger partial charge in [-0.05, 0) is 49.9 Å². The number of likely N-dealkylation sites (tertiary alicyclic amines) is 1. The van der Waals surface area contributed by atoms with Gasteiger partial charge >= 0.3 is 0 Å². The van der Waals surface area contributed by atoms with Crippen molar-refractivity contribution in [1.82, 2.24) is 4.90 Å². The molecule has 0 unspecified atom stereocenters. The summed E-state index contributed by atoms with van der Waals surface area (Å²) in [5, 5.41) is 0. The molecular weight excluding hydrogens is 298 g/mol. The van der Waals surface area contributed by atoms with Crippen molar-refractivity contribution >= 4 is 11.6 Å². The van der Waals surface area contributed by atoms with E-state index in [1.165, 1.54) is 24.9 Å². The number of halogens is 1. The van der Waals surface area contributed by atoms with E-state index < -0.39 is 0 Å². The second-order valence-electron chi connectivity index (χ2n) is 6.46. The molecule has 0 N–H and O–H groups in total. The van der Waals surface area contributed by atoms with Gasteiger partial charge in [-0.2, -0.15) is 0 Å². The first-order chi connectivity index (χ1) is 10.8. The standard InChI is InChI=1S/C18H22ClNO2/c19-9-11-20-10-3-8-18(20)7-2-1-4-15(18)14-5-6-16-17(12-14)22-13-21-16/h1-2,5-6,12,15H,3-4,7-11,13H2/t15-,18+/m0/s1. The largest absolute Gasteiger partial charge is 0.454 e. The van der Waals surface area contributed by atoms with Gasteiger partial charge in [-0.1, -0.05) is 18.2 Å². The van der Waals surface area contributed by atoms with Crippen LogP contribution in [0.25, 0.3) is 0 Å². The lowest BCUT2D eigenvalue weighted by Crippen LogP contribution is -2.50. The van der Waals surface area contributed by atoms with Crippen molar-refractivity contribution in [2.45, 2.75) is 37.1 Å². The first-order valence-corrected chi connectivity index (χ1v) is 8.72. The van der Waals surface area contributed by atoms with E-state index in [1.54, 1.807) is 0 Å². The van der Waals surface area contributed by atoms with Crippen LogP contribution in [-0.4, -0.2) is 36.2 Å². The number of benzene rings is 1. The van der Waals surface area contributed by atoms with Crippen molar-refractivity contribution in [2.24, 2.45) is 0 Å². The van der Waals surface area contributed by atoms with Gasteiger partial charge in [0.2, 0.25) is 6.79 Å². The molecule has 1 spiro atoms. The van der Waals surface area contributed by atoms with Crippen molar-refractivity contribution in [3.8, 4) is 11.5 Å². The molecule has 2 atom stereocenters. The van der Waals surface area contributed by atoms with Crippen molar-refractivity contribution in [3.63, 3.8) is 0 Å². The number of hydrogen-bond acceptors (Lipinski definition) is 3. The van der Waals surface area contributed by atoms with Crippen LogP contribution in [0.15, 0.2) is 30.4 Å². The molecule has 0 saturated carbocycles. The third-order valence-electron chi connectivity index (χ3n) is 5.48. The van der Waals surface area contributed by atoms with Gasteiger partial charge in [0.05, 0.1) is 0 Å². The van der Waals surface area contributed by atoms with Gasteiger partial charge in [-0.3, -0.25) is 4.90 Å². The molecule has 118 valence electrons. The van der Waals surface area contributed by atoms with Gasteiger partial charge in [0.1, 0.15) is 0 Å². The van der Waals surface area contributed by atoms with Crippen molar-refractivity contribution in [3.05, 3.63) is 35.9 Å². The maximum absolute atomic E-state index is 6.06. The predicted octanol–water partition coefficient (Wildman–Crippen LogP) is 3.92.